The van der Waals surface area contributed by atoms with Crippen molar-refractivity contribution in [3.8, 4) is 17.2 Å². The van der Waals surface area contributed by atoms with Gasteiger partial charge in [0.05, 0.1) is 19.2 Å². The minimum atomic E-state index is 0.421. The molecule has 0 unspecified atom stereocenters. The van der Waals surface area contributed by atoms with Gasteiger partial charge in [-0.2, -0.15) is 0 Å². The van der Waals surface area contributed by atoms with Crippen molar-refractivity contribution in [2.75, 3.05) is 12.8 Å². The Morgan fingerprint density at radius 1 is 1.09 bits per heavy atom. The van der Waals surface area contributed by atoms with E-state index in [4.69, 9.17) is 21.8 Å². The third-order valence-corrected chi connectivity index (χ3v) is 3.23. The molecule has 0 atom stereocenters. The number of aromatic nitrogens is 1. The van der Waals surface area contributed by atoms with Crippen LogP contribution in [0.5, 0.6) is 17.2 Å². The predicted molar refractivity (Wildman–Crippen MR) is 85.5 cm³/mol. The van der Waals surface area contributed by atoms with E-state index in [2.05, 4.69) is 9.83 Å². The van der Waals surface area contributed by atoms with Crippen LogP contribution in [0.3, 0.4) is 0 Å². The van der Waals surface area contributed by atoms with Crippen LogP contribution in [-0.2, 0) is 0 Å². The topological polar surface area (TPSA) is 61.7 Å². The second-order valence-electron chi connectivity index (χ2n) is 4.63. The van der Waals surface area contributed by atoms with Crippen molar-refractivity contribution in [1.29, 1.82) is 0 Å². The molecule has 3 rings (SSSR count). The summed E-state index contributed by atoms with van der Waals surface area (Å²) in [6, 6.07) is 12.3. The molecule has 0 fully saturated rings. The Bertz CT molecular complexity index is 867. The first-order valence-corrected chi connectivity index (χ1v) is 6.59. The summed E-state index contributed by atoms with van der Waals surface area (Å²) in [5.41, 5.74) is 7.47. The van der Waals surface area contributed by atoms with Crippen molar-refractivity contribution in [3.05, 3.63) is 60.1 Å². The fourth-order valence-corrected chi connectivity index (χ4v) is 2.14. The summed E-state index contributed by atoms with van der Waals surface area (Å²) in [7, 11) is 1.53. The number of nitrogen functional groups attached to an aromatic ring is 1. The molecule has 1 aromatic heterocycles. The number of nitrogens with two attached hydrogens (primary N) is 1. The summed E-state index contributed by atoms with van der Waals surface area (Å²) in [6.07, 6.45) is 1.66. The smallest absolute Gasteiger partial charge is 0.228 e. The molecule has 0 aliphatic heterocycles. The lowest BCUT2D eigenvalue weighted by atomic mass is 10.1. The number of fused-ring (bicyclic) bond motifs is 1. The summed E-state index contributed by atoms with van der Waals surface area (Å²) in [4.78, 5) is 7.78. The summed E-state index contributed by atoms with van der Waals surface area (Å²) >= 11 is 0. The van der Waals surface area contributed by atoms with Gasteiger partial charge in [0.1, 0.15) is 17.2 Å². The van der Waals surface area contributed by atoms with E-state index in [1.165, 1.54) is 7.11 Å². The highest BCUT2D eigenvalue weighted by molar-refractivity contribution is 5.91. The molecule has 5 nitrogen and oxygen atoms in total. The minimum absolute atomic E-state index is 0.421. The van der Waals surface area contributed by atoms with Gasteiger partial charge in [-0.05, 0) is 42.5 Å². The largest absolute Gasteiger partial charge is 0.508 e. The first-order valence-electron chi connectivity index (χ1n) is 6.59. The summed E-state index contributed by atoms with van der Waals surface area (Å²) in [6.45, 7) is 7.25. The Kier molecular flexibility index (Phi) is 3.50. The Morgan fingerprint density at radius 3 is 2.55 bits per heavy atom. The van der Waals surface area contributed by atoms with Crippen molar-refractivity contribution >= 4 is 22.3 Å². The highest BCUT2D eigenvalue weighted by atomic mass is 16.5. The molecule has 0 saturated heterocycles. The first-order chi connectivity index (χ1) is 10.7. The van der Waals surface area contributed by atoms with E-state index >= 15 is 0 Å². The van der Waals surface area contributed by atoms with Gasteiger partial charge in [-0.15, -0.1) is 0 Å². The standard InChI is InChI=1S/C17H13N3O2/c1-19-15-9-13-14(10-17(15)21-2)20-8-7-16(13)22-12-5-3-11(18)4-6-12/h3-10H,18H2,2H3. The Morgan fingerprint density at radius 2 is 1.86 bits per heavy atom. The van der Waals surface area contributed by atoms with Crippen LogP contribution in [0.4, 0.5) is 11.4 Å². The molecule has 0 aliphatic carbocycles. The summed E-state index contributed by atoms with van der Waals surface area (Å²) in [5.74, 6) is 1.80. The van der Waals surface area contributed by atoms with Crippen LogP contribution in [0, 0.1) is 6.57 Å². The van der Waals surface area contributed by atoms with Crippen LogP contribution in [0.1, 0.15) is 0 Å². The van der Waals surface area contributed by atoms with E-state index in [9.17, 15) is 0 Å². The van der Waals surface area contributed by atoms with Crippen molar-refractivity contribution in [2.45, 2.75) is 0 Å². The lowest BCUT2D eigenvalue weighted by Gasteiger charge is -2.10. The Balaban J connectivity index is 2.10. The molecular weight excluding hydrogens is 278 g/mol. The molecule has 0 spiro atoms. The first kappa shape index (κ1) is 13.7. The van der Waals surface area contributed by atoms with Gasteiger partial charge in [0.2, 0.25) is 5.69 Å². The van der Waals surface area contributed by atoms with Crippen LogP contribution >= 0.6 is 0 Å². The van der Waals surface area contributed by atoms with E-state index in [-0.39, 0.29) is 0 Å². The molecule has 2 aromatic carbocycles. The third-order valence-electron chi connectivity index (χ3n) is 3.23. The second-order valence-corrected chi connectivity index (χ2v) is 4.63. The number of pyridine rings is 1. The van der Waals surface area contributed by atoms with Gasteiger partial charge >= 0.3 is 0 Å². The number of nitrogens with zero attached hydrogens (tertiary/aromatic N) is 2. The molecule has 3 aromatic rings. The predicted octanol–water partition coefficient (Wildman–Crippen LogP) is 4.17. The van der Waals surface area contributed by atoms with Crippen molar-refractivity contribution in [2.24, 2.45) is 0 Å². The van der Waals surface area contributed by atoms with Gasteiger partial charge in [0, 0.05) is 17.3 Å². The highest BCUT2D eigenvalue weighted by Crippen LogP contribution is 2.37. The molecule has 22 heavy (non-hydrogen) atoms. The van der Waals surface area contributed by atoms with Gasteiger partial charge < -0.3 is 15.2 Å². The molecule has 108 valence electrons. The lowest BCUT2D eigenvalue weighted by Crippen LogP contribution is -1.90. The lowest BCUT2D eigenvalue weighted by molar-refractivity contribution is 0.418. The maximum atomic E-state index is 7.25. The average molecular weight is 291 g/mol. The number of ether oxygens (including phenoxy) is 2. The number of hydrogen-bond acceptors (Lipinski definition) is 4. The van der Waals surface area contributed by atoms with Gasteiger partial charge in [-0.25, -0.2) is 4.85 Å². The number of anilines is 1. The zero-order valence-corrected chi connectivity index (χ0v) is 11.9. The fraction of sp³-hybridized carbons (Fsp3) is 0.0588. The Labute approximate surface area is 127 Å². The van der Waals surface area contributed by atoms with E-state index < -0.39 is 0 Å². The molecular formula is C17H13N3O2. The summed E-state index contributed by atoms with van der Waals surface area (Å²) in [5, 5.41) is 0.756. The maximum Gasteiger partial charge on any atom is 0.228 e. The molecule has 2 N–H and O–H groups in total. The van der Waals surface area contributed by atoms with Crippen LogP contribution in [0.2, 0.25) is 0 Å². The maximum absolute atomic E-state index is 7.25. The van der Waals surface area contributed by atoms with E-state index in [0.717, 1.165) is 5.39 Å². The number of hydrogen-bond donors (Lipinski definition) is 1. The molecule has 0 amide bonds. The van der Waals surface area contributed by atoms with Crippen molar-refractivity contribution in [3.63, 3.8) is 0 Å². The van der Waals surface area contributed by atoms with E-state index in [1.54, 1.807) is 48.7 Å². The number of benzene rings is 2. The number of methoxy groups -OCH3 is 1. The van der Waals surface area contributed by atoms with Gasteiger partial charge in [0.25, 0.3) is 0 Å². The minimum Gasteiger partial charge on any atom is -0.508 e. The Hall–Kier alpha value is -3.26. The fourth-order valence-electron chi connectivity index (χ4n) is 2.14. The normalized spacial score (nSPS) is 10.2. The zero-order chi connectivity index (χ0) is 15.5. The summed E-state index contributed by atoms with van der Waals surface area (Å²) < 4.78 is 11.1. The molecule has 5 heteroatoms. The molecule has 1 heterocycles. The average Bonchev–Trinajstić information content (AvgIpc) is 2.56. The number of rotatable bonds is 3. The third kappa shape index (κ3) is 2.50. The monoisotopic (exact) mass is 291 g/mol. The van der Waals surface area contributed by atoms with Gasteiger partial charge in [-0.1, -0.05) is 0 Å². The van der Waals surface area contributed by atoms with Crippen molar-refractivity contribution < 1.29 is 9.47 Å². The quantitative estimate of drug-likeness (QED) is 0.581. The van der Waals surface area contributed by atoms with Gasteiger partial charge in [-0.3, -0.25) is 4.98 Å². The highest BCUT2D eigenvalue weighted by Gasteiger charge is 2.10. The van der Waals surface area contributed by atoms with Crippen LogP contribution in [-0.4, -0.2) is 12.1 Å². The SMILES string of the molecule is [C-]#[N+]c1cc2c(Oc3ccc(N)cc3)ccnc2cc1OC. The molecule has 0 saturated carbocycles. The van der Waals surface area contributed by atoms with Crippen LogP contribution in [0.15, 0.2) is 48.7 Å². The molecule has 0 bridgehead atoms. The second kappa shape index (κ2) is 5.62. The van der Waals surface area contributed by atoms with Crippen LogP contribution < -0.4 is 15.2 Å². The van der Waals surface area contributed by atoms with Gasteiger partial charge in [0.15, 0.2) is 0 Å². The van der Waals surface area contributed by atoms with E-state index in [0.29, 0.717) is 34.1 Å². The molecule has 0 aliphatic rings. The zero-order valence-electron chi connectivity index (χ0n) is 11.9. The van der Waals surface area contributed by atoms with E-state index in [1.807, 2.05) is 0 Å². The van der Waals surface area contributed by atoms with Crippen LogP contribution in [0.25, 0.3) is 15.7 Å². The molecule has 0 radical (unpaired) electrons. The van der Waals surface area contributed by atoms with Crippen molar-refractivity contribution in [1.82, 2.24) is 4.98 Å².